The number of amides is 1. The monoisotopic (exact) mass is 277 g/mol. The molecule has 2 rings (SSSR count). The minimum Gasteiger partial charge on any atom is -0.493 e. The topological polar surface area (TPSA) is 115 Å². The van der Waals surface area contributed by atoms with Gasteiger partial charge in [0.2, 0.25) is 11.8 Å². The third kappa shape index (κ3) is 2.97. The van der Waals surface area contributed by atoms with Crippen molar-refractivity contribution in [1.82, 2.24) is 15.2 Å². The lowest BCUT2D eigenvalue weighted by Gasteiger charge is -2.11. The number of nitrogen functional groups attached to an aromatic ring is 1. The largest absolute Gasteiger partial charge is 0.493 e. The lowest BCUT2D eigenvalue weighted by atomic mass is 10.2. The molecule has 106 valence electrons. The molecular weight excluding hydrogens is 262 g/mol. The first-order valence-electron chi connectivity index (χ1n) is 5.94. The molecule has 0 fully saturated rings. The molecule has 0 atom stereocenters. The van der Waals surface area contributed by atoms with Crippen LogP contribution in [0.1, 0.15) is 17.5 Å². The Morgan fingerprint density at radius 3 is 2.85 bits per heavy atom. The van der Waals surface area contributed by atoms with Crippen LogP contribution in [0.5, 0.6) is 11.5 Å². The van der Waals surface area contributed by atoms with Crippen LogP contribution in [-0.4, -0.2) is 34.8 Å². The summed E-state index contributed by atoms with van der Waals surface area (Å²) in [5, 5.41) is 8.67. The summed E-state index contributed by atoms with van der Waals surface area (Å²) in [6.07, 6.45) is 0. The lowest BCUT2D eigenvalue weighted by Crippen LogP contribution is -2.14. The predicted molar refractivity (Wildman–Crippen MR) is 72.9 cm³/mol. The third-order valence-electron chi connectivity index (χ3n) is 2.44. The number of carbonyl (C=O) groups is 1. The van der Waals surface area contributed by atoms with E-state index in [1.165, 1.54) is 7.11 Å². The van der Waals surface area contributed by atoms with Crippen LogP contribution in [0.25, 0.3) is 0 Å². The summed E-state index contributed by atoms with van der Waals surface area (Å²) in [6, 6.07) is 5.07. The highest BCUT2D eigenvalue weighted by molar-refractivity contribution is 6.01. The number of anilines is 2. The van der Waals surface area contributed by atoms with E-state index in [0.29, 0.717) is 23.8 Å². The van der Waals surface area contributed by atoms with Crippen molar-refractivity contribution in [2.45, 2.75) is 6.92 Å². The van der Waals surface area contributed by atoms with E-state index in [4.69, 9.17) is 15.2 Å². The van der Waals surface area contributed by atoms with Crippen LogP contribution in [0.2, 0.25) is 0 Å². The highest BCUT2D eigenvalue weighted by Crippen LogP contribution is 2.30. The van der Waals surface area contributed by atoms with Crippen molar-refractivity contribution in [1.29, 1.82) is 0 Å². The Hall–Kier alpha value is -2.77. The van der Waals surface area contributed by atoms with Gasteiger partial charge in [0, 0.05) is 11.8 Å². The summed E-state index contributed by atoms with van der Waals surface area (Å²) in [6.45, 7) is 2.41. The van der Waals surface area contributed by atoms with Crippen LogP contribution < -0.4 is 20.5 Å². The second-order valence-electron chi connectivity index (χ2n) is 3.79. The zero-order valence-corrected chi connectivity index (χ0v) is 11.1. The molecule has 0 aliphatic rings. The molecule has 8 heteroatoms. The summed E-state index contributed by atoms with van der Waals surface area (Å²) in [5.41, 5.74) is 5.89. The summed E-state index contributed by atoms with van der Waals surface area (Å²) < 4.78 is 10.6. The normalized spacial score (nSPS) is 10.1. The number of nitrogens with one attached hydrogen (secondary N) is 2. The van der Waals surface area contributed by atoms with Crippen molar-refractivity contribution in [2.75, 3.05) is 24.8 Å². The number of benzene rings is 1. The minimum atomic E-state index is -0.444. The Morgan fingerprint density at radius 2 is 2.25 bits per heavy atom. The number of hydrogen-bond donors (Lipinski definition) is 3. The Kier molecular flexibility index (Phi) is 4.04. The van der Waals surface area contributed by atoms with E-state index in [0.717, 1.165) is 0 Å². The molecule has 20 heavy (non-hydrogen) atoms. The van der Waals surface area contributed by atoms with Gasteiger partial charge in [0.15, 0.2) is 11.5 Å². The van der Waals surface area contributed by atoms with Crippen LogP contribution in [0.15, 0.2) is 18.2 Å². The second kappa shape index (κ2) is 5.91. The number of aromatic nitrogens is 3. The van der Waals surface area contributed by atoms with Crippen molar-refractivity contribution in [3.05, 3.63) is 24.0 Å². The molecule has 0 saturated heterocycles. The second-order valence-corrected chi connectivity index (χ2v) is 3.79. The van der Waals surface area contributed by atoms with Crippen molar-refractivity contribution < 1.29 is 14.3 Å². The van der Waals surface area contributed by atoms with Gasteiger partial charge in [0.1, 0.15) is 0 Å². The van der Waals surface area contributed by atoms with Gasteiger partial charge < -0.3 is 20.5 Å². The molecule has 0 unspecified atom stereocenters. The predicted octanol–water partition coefficient (Wildman–Crippen LogP) is 1.05. The van der Waals surface area contributed by atoms with E-state index < -0.39 is 5.91 Å². The Morgan fingerprint density at radius 1 is 1.45 bits per heavy atom. The Bertz CT molecular complexity index is 611. The zero-order valence-electron chi connectivity index (χ0n) is 11.1. The number of carbonyl (C=O) groups excluding carboxylic acids is 1. The van der Waals surface area contributed by atoms with Gasteiger partial charge in [-0.25, -0.2) is 0 Å². The van der Waals surface area contributed by atoms with Crippen molar-refractivity contribution in [3.8, 4) is 11.5 Å². The number of nitrogens with two attached hydrogens (primary N) is 1. The molecule has 1 aromatic heterocycles. The molecule has 2 aromatic rings. The van der Waals surface area contributed by atoms with Crippen molar-refractivity contribution in [3.63, 3.8) is 0 Å². The summed E-state index contributed by atoms with van der Waals surface area (Å²) in [7, 11) is 1.53. The molecule has 1 heterocycles. The van der Waals surface area contributed by atoms with E-state index in [1.54, 1.807) is 18.2 Å². The van der Waals surface area contributed by atoms with E-state index in [1.807, 2.05) is 6.92 Å². The smallest absolute Gasteiger partial charge is 0.293 e. The maximum absolute atomic E-state index is 11.9. The molecule has 0 aliphatic carbocycles. The summed E-state index contributed by atoms with van der Waals surface area (Å²) in [5.74, 6) is 0.744. The quantitative estimate of drug-likeness (QED) is 0.752. The van der Waals surface area contributed by atoms with E-state index in [9.17, 15) is 4.79 Å². The molecule has 0 spiro atoms. The van der Waals surface area contributed by atoms with Gasteiger partial charge in [-0.2, -0.15) is 4.98 Å². The highest BCUT2D eigenvalue weighted by atomic mass is 16.5. The fourth-order valence-corrected chi connectivity index (χ4v) is 1.59. The number of methoxy groups -OCH3 is 1. The molecule has 1 amide bonds. The SMILES string of the molecule is CCOc1ccc(NC(=O)c2nc(N)n[nH]2)cc1OC. The van der Waals surface area contributed by atoms with Crippen LogP contribution in [0.4, 0.5) is 11.6 Å². The number of nitrogens with zero attached hydrogens (tertiary/aromatic N) is 2. The van der Waals surface area contributed by atoms with Crippen LogP contribution >= 0.6 is 0 Å². The molecular formula is C12H15N5O3. The van der Waals surface area contributed by atoms with Gasteiger partial charge in [-0.05, 0) is 19.1 Å². The standard InChI is InChI=1S/C12H15N5O3/c1-3-20-8-5-4-7(6-9(8)19-2)14-11(18)10-15-12(13)17-16-10/h4-6H,3H2,1-2H3,(H,14,18)(H3,13,15,16,17). The van der Waals surface area contributed by atoms with Crippen molar-refractivity contribution in [2.24, 2.45) is 0 Å². The lowest BCUT2D eigenvalue weighted by molar-refractivity contribution is 0.101. The molecule has 1 aromatic carbocycles. The Balaban J connectivity index is 2.15. The average molecular weight is 277 g/mol. The molecule has 8 nitrogen and oxygen atoms in total. The number of H-pyrrole nitrogens is 1. The summed E-state index contributed by atoms with van der Waals surface area (Å²) >= 11 is 0. The number of aromatic amines is 1. The van der Waals surface area contributed by atoms with E-state index in [-0.39, 0.29) is 11.8 Å². The fourth-order valence-electron chi connectivity index (χ4n) is 1.59. The van der Waals surface area contributed by atoms with Crippen LogP contribution in [0, 0.1) is 0 Å². The molecule has 4 N–H and O–H groups in total. The zero-order chi connectivity index (χ0) is 14.5. The maximum atomic E-state index is 11.9. The molecule has 0 saturated carbocycles. The van der Waals surface area contributed by atoms with Gasteiger partial charge in [-0.3, -0.25) is 9.89 Å². The third-order valence-corrected chi connectivity index (χ3v) is 2.44. The van der Waals surface area contributed by atoms with Crippen molar-refractivity contribution >= 4 is 17.5 Å². The first kappa shape index (κ1) is 13.7. The van der Waals surface area contributed by atoms with Gasteiger partial charge in [0.25, 0.3) is 5.91 Å². The van der Waals surface area contributed by atoms with Gasteiger partial charge in [-0.1, -0.05) is 0 Å². The van der Waals surface area contributed by atoms with E-state index in [2.05, 4.69) is 20.5 Å². The highest BCUT2D eigenvalue weighted by Gasteiger charge is 2.12. The fraction of sp³-hybridized carbons (Fsp3) is 0.250. The van der Waals surface area contributed by atoms with Gasteiger partial charge >= 0.3 is 0 Å². The average Bonchev–Trinajstić information content (AvgIpc) is 2.87. The molecule has 0 radical (unpaired) electrons. The first-order chi connectivity index (χ1) is 9.63. The minimum absolute atomic E-state index is 0.0134. The number of hydrogen-bond acceptors (Lipinski definition) is 6. The Labute approximate surface area is 115 Å². The number of ether oxygens (including phenoxy) is 2. The first-order valence-corrected chi connectivity index (χ1v) is 5.94. The maximum Gasteiger partial charge on any atom is 0.293 e. The number of rotatable bonds is 5. The van der Waals surface area contributed by atoms with Crippen LogP contribution in [0.3, 0.4) is 0 Å². The van der Waals surface area contributed by atoms with Gasteiger partial charge in [0.05, 0.1) is 13.7 Å². The van der Waals surface area contributed by atoms with Crippen LogP contribution in [-0.2, 0) is 0 Å². The molecule has 0 bridgehead atoms. The summed E-state index contributed by atoms with van der Waals surface area (Å²) in [4.78, 5) is 15.6. The molecule has 0 aliphatic heterocycles. The van der Waals surface area contributed by atoms with E-state index >= 15 is 0 Å². The van der Waals surface area contributed by atoms with Gasteiger partial charge in [-0.15, -0.1) is 5.10 Å².